The van der Waals surface area contributed by atoms with Gasteiger partial charge in [-0.15, -0.1) is 0 Å². The van der Waals surface area contributed by atoms with Crippen molar-refractivity contribution in [3.05, 3.63) is 34.9 Å². The Hall–Kier alpha value is -1.53. The molecule has 1 aromatic rings. The molecule has 110 valence electrons. The van der Waals surface area contributed by atoms with Crippen molar-refractivity contribution in [3.63, 3.8) is 0 Å². The summed E-state index contributed by atoms with van der Waals surface area (Å²) < 4.78 is 32.3. The lowest BCUT2D eigenvalue weighted by atomic mass is 10.1. The van der Waals surface area contributed by atoms with E-state index in [4.69, 9.17) is 9.84 Å². The molecule has 2 atom stereocenters. The van der Waals surface area contributed by atoms with Gasteiger partial charge in [-0.1, -0.05) is 0 Å². The summed E-state index contributed by atoms with van der Waals surface area (Å²) in [5.41, 5.74) is 0.0590. The highest BCUT2D eigenvalue weighted by Crippen LogP contribution is 2.20. The second-order valence-corrected chi connectivity index (χ2v) is 5.03. The van der Waals surface area contributed by atoms with Crippen LogP contribution in [0.4, 0.5) is 8.78 Å². The van der Waals surface area contributed by atoms with E-state index in [2.05, 4.69) is 0 Å². The largest absolute Gasteiger partial charge is 0.394 e. The summed E-state index contributed by atoms with van der Waals surface area (Å²) >= 11 is 0. The summed E-state index contributed by atoms with van der Waals surface area (Å²) in [7, 11) is 0. The first-order valence-corrected chi connectivity index (χ1v) is 6.43. The first kappa shape index (κ1) is 14.9. The highest BCUT2D eigenvalue weighted by Gasteiger charge is 2.31. The van der Waals surface area contributed by atoms with Crippen molar-refractivity contribution in [2.24, 2.45) is 0 Å². The quantitative estimate of drug-likeness (QED) is 0.896. The number of aliphatic hydroxyl groups is 1. The number of halogens is 2. The fourth-order valence-corrected chi connectivity index (χ4v) is 2.19. The minimum atomic E-state index is -0.877. The van der Waals surface area contributed by atoms with E-state index in [0.29, 0.717) is 0 Å². The molecule has 0 aliphatic carbocycles. The van der Waals surface area contributed by atoms with Crippen LogP contribution in [-0.4, -0.2) is 47.8 Å². The number of benzene rings is 1. The first-order valence-electron chi connectivity index (χ1n) is 6.43. The van der Waals surface area contributed by atoms with E-state index in [1.54, 1.807) is 6.92 Å². The summed E-state index contributed by atoms with van der Waals surface area (Å²) in [6.45, 7) is 3.51. The van der Waals surface area contributed by atoms with Crippen LogP contribution in [0.3, 0.4) is 0 Å². The molecular formula is C14H17F2NO3. The molecule has 0 unspecified atom stereocenters. The van der Waals surface area contributed by atoms with Gasteiger partial charge < -0.3 is 14.7 Å². The van der Waals surface area contributed by atoms with Crippen LogP contribution < -0.4 is 0 Å². The highest BCUT2D eigenvalue weighted by molar-refractivity contribution is 5.95. The number of amides is 1. The Morgan fingerprint density at radius 2 is 2.15 bits per heavy atom. The normalized spacial score (nSPS) is 22.9. The molecule has 1 aromatic carbocycles. The van der Waals surface area contributed by atoms with Crippen molar-refractivity contribution in [2.45, 2.75) is 26.0 Å². The van der Waals surface area contributed by atoms with Gasteiger partial charge in [0.15, 0.2) is 0 Å². The molecule has 1 saturated heterocycles. The fraction of sp³-hybridized carbons (Fsp3) is 0.500. The standard InChI is InChI=1S/C14H17F2NO3/c1-8-3-11(13(16)4-12(8)15)14(19)17-5-10(6-18)20-7-9(17)2/h3-4,9-10,18H,5-7H2,1-2H3/t9-,10-/m0/s1. The Morgan fingerprint density at radius 1 is 1.45 bits per heavy atom. The van der Waals surface area contributed by atoms with Gasteiger partial charge in [0.2, 0.25) is 0 Å². The van der Waals surface area contributed by atoms with Crippen LogP contribution in [0.15, 0.2) is 12.1 Å². The maximum Gasteiger partial charge on any atom is 0.257 e. The number of morpholine rings is 1. The van der Waals surface area contributed by atoms with Crippen molar-refractivity contribution in [2.75, 3.05) is 19.8 Å². The number of nitrogens with zero attached hydrogens (tertiary/aromatic N) is 1. The van der Waals surface area contributed by atoms with Gasteiger partial charge in [0.25, 0.3) is 5.91 Å². The van der Waals surface area contributed by atoms with Crippen LogP contribution in [-0.2, 0) is 4.74 Å². The third-order valence-electron chi connectivity index (χ3n) is 3.45. The van der Waals surface area contributed by atoms with Gasteiger partial charge in [-0.3, -0.25) is 4.79 Å². The molecule has 0 radical (unpaired) electrons. The topological polar surface area (TPSA) is 49.8 Å². The third kappa shape index (κ3) is 2.81. The molecule has 1 heterocycles. The maximum atomic E-state index is 13.8. The van der Waals surface area contributed by atoms with E-state index in [1.807, 2.05) is 0 Å². The number of aliphatic hydroxyl groups excluding tert-OH is 1. The zero-order chi connectivity index (χ0) is 14.9. The van der Waals surface area contributed by atoms with Gasteiger partial charge in [0.05, 0.1) is 30.9 Å². The highest BCUT2D eigenvalue weighted by atomic mass is 19.1. The molecule has 1 aliphatic heterocycles. The summed E-state index contributed by atoms with van der Waals surface area (Å²) in [4.78, 5) is 13.8. The summed E-state index contributed by atoms with van der Waals surface area (Å²) in [6.07, 6.45) is -0.472. The van der Waals surface area contributed by atoms with Crippen molar-refractivity contribution in [1.29, 1.82) is 0 Å². The van der Waals surface area contributed by atoms with E-state index < -0.39 is 23.6 Å². The Kier molecular flexibility index (Phi) is 4.35. The van der Waals surface area contributed by atoms with Crippen molar-refractivity contribution >= 4 is 5.91 Å². The average Bonchev–Trinajstić information content (AvgIpc) is 2.42. The average molecular weight is 285 g/mol. The van der Waals surface area contributed by atoms with Crippen LogP contribution in [0, 0.1) is 18.6 Å². The van der Waals surface area contributed by atoms with Crippen molar-refractivity contribution in [3.8, 4) is 0 Å². The minimum Gasteiger partial charge on any atom is -0.394 e. The second-order valence-electron chi connectivity index (χ2n) is 5.03. The van der Waals surface area contributed by atoms with E-state index in [0.717, 1.165) is 6.07 Å². The Balaban J connectivity index is 2.28. The number of carbonyl (C=O) groups excluding carboxylic acids is 1. The van der Waals surface area contributed by atoms with E-state index in [9.17, 15) is 13.6 Å². The number of hydrogen-bond donors (Lipinski definition) is 1. The van der Waals surface area contributed by atoms with E-state index in [1.165, 1.54) is 17.9 Å². The van der Waals surface area contributed by atoms with Crippen molar-refractivity contribution < 1.29 is 23.4 Å². The molecule has 4 nitrogen and oxygen atoms in total. The molecule has 1 amide bonds. The van der Waals surface area contributed by atoms with Gasteiger partial charge in [-0.05, 0) is 25.5 Å². The Labute approximate surface area is 116 Å². The molecule has 20 heavy (non-hydrogen) atoms. The molecule has 0 spiro atoms. The van der Waals surface area contributed by atoms with E-state index >= 15 is 0 Å². The van der Waals surface area contributed by atoms with Crippen molar-refractivity contribution in [1.82, 2.24) is 4.90 Å². The first-order chi connectivity index (χ1) is 9.43. The summed E-state index contributed by atoms with van der Waals surface area (Å²) in [6, 6.07) is 1.70. The second kappa shape index (κ2) is 5.85. The van der Waals surface area contributed by atoms with Crippen LogP contribution in [0.2, 0.25) is 0 Å². The number of ether oxygens (including phenoxy) is 1. The summed E-state index contributed by atoms with van der Waals surface area (Å²) in [5.74, 6) is -2.07. The maximum absolute atomic E-state index is 13.8. The van der Waals surface area contributed by atoms with Crippen LogP contribution >= 0.6 is 0 Å². The van der Waals surface area contributed by atoms with E-state index in [-0.39, 0.29) is 36.9 Å². The van der Waals surface area contributed by atoms with Gasteiger partial charge in [0, 0.05) is 12.6 Å². The van der Waals surface area contributed by atoms with Gasteiger partial charge in [-0.25, -0.2) is 8.78 Å². The van der Waals surface area contributed by atoms with Gasteiger partial charge in [0.1, 0.15) is 11.6 Å². The van der Waals surface area contributed by atoms with Crippen LogP contribution in [0.5, 0.6) is 0 Å². The SMILES string of the molecule is Cc1cc(C(=O)N2C[C@@H](CO)OC[C@@H]2C)c(F)cc1F. The molecule has 6 heteroatoms. The Morgan fingerprint density at radius 3 is 2.80 bits per heavy atom. The predicted molar refractivity (Wildman–Crippen MR) is 68.4 cm³/mol. The minimum absolute atomic E-state index is 0.158. The molecule has 0 bridgehead atoms. The lowest BCUT2D eigenvalue weighted by Crippen LogP contribution is -2.52. The third-order valence-corrected chi connectivity index (χ3v) is 3.45. The lowest BCUT2D eigenvalue weighted by Gasteiger charge is -2.37. The molecular weight excluding hydrogens is 268 g/mol. The predicted octanol–water partition coefficient (Wildman–Crippen LogP) is 1.50. The number of carbonyl (C=O) groups is 1. The molecule has 1 N–H and O–H groups in total. The number of rotatable bonds is 2. The zero-order valence-corrected chi connectivity index (χ0v) is 11.4. The number of aryl methyl sites for hydroxylation is 1. The zero-order valence-electron chi connectivity index (χ0n) is 11.4. The number of hydrogen-bond acceptors (Lipinski definition) is 3. The lowest BCUT2D eigenvalue weighted by molar-refractivity contribution is -0.0668. The van der Waals surface area contributed by atoms with Gasteiger partial charge in [-0.2, -0.15) is 0 Å². The molecule has 1 aliphatic rings. The van der Waals surface area contributed by atoms with Crippen LogP contribution in [0.1, 0.15) is 22.8 Å². The smallest absolute Gasteiger partial charge is 0.257 e. The molecule has 0 saturated carbocycles. The van der Waals surface area contributed by atoms with Crippen LogP contribution in [0.25, 0.3) is 0 Å². The summed E-state index contributed by atoms with van der Waals surface area (Å²) in [5, 5.41) is 9.10. The molecule has 0 aromatic heterocycles. The molecule has 1 fully saturated rings. The fourth-order valence-electron chi connectivity index (χ4n) is 2.19. The monoisotopic (exact) mass is 285 g/mol. The molecule has 2 rings (SSSR count). The van der Waals surface area contributed by atoms with Gasteiger partial charge >= 0.3 is 0 Å². The Bertz CT molecular complexity index is 521.